The van der Waals surface area contributed by atoms with Crippen LogP contribution in [0.5, 0.6) is 0 Å². The van der Waals surface area contributed by atoms with Crippen LogP contribution >= 0.6 is 0 Å². The Balaban J connectivity index is 1.84. The number of piperidine rings is 2. The molecule has 104 valence electrons. The number of amides is 1. The van der Waals surface area contributed by atoms with E-state index in [1.165, 1.54) is 12.8 Å². The monoisotopic (exact) mass is 254 g/mol. The lowest BCUT2D eigenvalue weighted by molar-refractivity contribution is -0.140. The van der Waals surface area contributed by atoms with Crippen LogP contribution in [-0.2, 0) is 9.53 Å². The van der Waals surface area contributed by atoms with Gasteiger partial charge in [-0.25, -0.2) is 0 Å². The normalized spacial score (nSPS) is 33.4. The predicted molar refractivity (Wildman–Crippen MR) is 71.4 cm³/mol. The molecule has 2 aliphatic heterocycles. The van der Waals surface area contributed by atoms with Crippen molar-refractivity contribution in [1.82, 2.24) is 10.2 Å². The van der Waals surface area contributed by atoms with Crippen LogP contribution in [0.3, 0.4) is 0 Å². The number of likely N-dealkylation sites (tertiary alicyclic amines) is 1. The molecule has 4 heteroatoms. The minimum atomic E-state index is -0.140. The third kappa shape index (κ3) is 3.45. The first kappa shape index (κ1) is 13.8. The van der Waals surface area contributed by atoms with E-state index >= 15 is 0 Å². The molecule has 2 rings (SSSR count). The van der Waals surface area contributed by atoms with Crippen LogP contribution in [0, 0.1) is 5.92 Å². The van der Waals surface area contributed by atoms with Gasteiger partial charge in [0.1, 0.15) is 0 Å². The number of ether oxygens (including phenoxy) is 1. The Morgan fingerprint density at radius 2 is 2.33 bits per heavy atom. The summed E-state index contributed by atoms with van der Waals surface area (Å²) in [6, 6.07) is 0. The highest BCUT2D eigenvalue weighted by Crippen LogP contribution is 2.25. The Bertz CT molecular complexity index is 290. The van der Waals surface area contributed by atoms with Crippen molar-refractivity contribution in [2.24, 2.45) is 5.92 Å². The van der Waals surface area contributed by atoms with E-state index < -0.39 is 0 Å². The molecule has 2 saturated heterocycles. The molecule has 0 radical (unpaired) electrons. The third-order valence-electron chi connectivity index (χ3n) is 4.37. The van der Waals surface area contributed by atoms with Gasteiger partial charge < -0.3 is 15.0 Å². The summed E-state index contributed by atoms with van der Waals surface area (Å²) in [6.07, 6.45) is 5.20. The van der Waals surface area contributed by atoms with E-state index in [0.29, 0.717) is 18.2 Å². The topological polar surface area (TPSA) is 41.6 Å². The molecule has 0 aromatic heterocycles. The number of methoxy groups -OCH3 is 1. The largest absolute Gasteiger partial charge is 0.377 e. The number of carbonyl (C=O) groups is 1. The first-order chi connectivity index (χ1) is 8.63. The van der Waals surface area contributed by atoms with Gasteiger partial charge in [0.25, 0.3) is 0 Å². The smallest absolute Gasteiger partial charge is 0.222 e. The standard InChI is InChI=1S/C14H26N2O2/c1-14(18-2)6-4-8-16(11-14)13(17)9-12-5-3-7-15-10-12/h12,15H,3-11H2,1-2H3. The maximum Gasteiger partial charge on any atom is 0.222 e. The van der Waals surface area contributed by atoms with Gasteiger partial charge in [-0.3, -0.25) is 4.79 Å². The number of carbonyl (C=O) groups excluding carboxylic acids is 1. The third-order valence-corrected chi connectivity index (χ3v) is 4.37. The second-order valence-electron chi connectivity index (χ2n) is 5.99. The average Bonchev–Trinajstić information content (AvgIpc) is 2.40. The molecular weight excluding hydrogens is 228 g/mol. The van der Waals surface area contributed by atoms with E-state index in [-0.39, 0.29) is 5.60 Å². The summed E-state index contributed by atoms with van der Waals surface area (Å²) in [5.41, 5.74) is -0.140. The van der Waals surface area contributed by atoms with Gasteiger partial charge in [-0.2, -0.15) is 0 Å². The van der Waals surface area contributed by atoms with Crippen molar-refractivity contribution >= 4 is 5.91 Å². The molecule has 2 unspecified atom stereocenters. The molecule has 4 nitrogen and oxygen atoms in total. The summed E-state index contributed by atoms with van der Waals surface area (Å²) in [7, 11) is 1.75. The van der Waals surface area contributed by atoms with Crippen LogP contribution in [-0.4, -0.2) is 49.7 Å². The van der Waals surface area contributed by atoms with Gasteiger partial charge in [-0.1, -0.05) is 0 Å². The molecule has 0 spiro atoms. The van der Waals surface area contributed by atoms with Crippen LogP contribution < -0.4 is 5.32 Å². The van der Waals surface area contributed by atoms with Crippen molar-refractivity contribution in [3.8, 4) is 0 Å². The van der Waals surface area contributed by atoms with Crippen molar-refractivity contribution in [3.05, 3.63) is 0 Å². The molecule has 0 aliphatic carbocycles. The predicted octanol–water partition coefficient (Wildman–Crippen LogP) is 1.40. The summed E-state index contributed by atoms with van der Waals surface area (Å²) in [4.78, 5) is 14.3. The number of nitrogens with one attached hydrogen (secondary N) is 1. The van der Waals surface area contributed by atoms with Gasteiger partial charge in [-0.05, 0) is 51.6 Å². The average molecular weight is 254 g/mol. The van der Waals surface area contributed by atoms with E-state index in [2.05, 4.69) is 12.2 Å². The first-order valence-corrected chi connectivity index (χ1v) is 7.17. The number of hydrogen-bond donors (Lipinski definition) is 1. The van der Waals surface area contributed by atoms with Gasteiger partial charge in [0.15, 0.2) is 0 Å². The Hall–Kier alpha value is -0.610. The van der Waals surface area contributed by atoms with E-state index in [0.717, 1.165) is 39.0 Å². The molecule has 2 fully saturated rings. The van der Waals surface area contributed by atoms with E-state index in [9.17, 15) is 4.79 Å². The molecule has 2 aliphatic rings. The number of hydrogen-bond acceptors (Lipinski definition) is 3. The molecule has 1 amide bonds. The summed E-state index contributed by atoms with van der Waals surface area (Å²) in [5.74, 6) is 0.841. The molecule has 1 N–H and O–H groups in total. The second-order valence-corrected chi connectivity index (χ2v) is 5.99. The Labute approximate surface area is 110 Å². The Kier molecular flexibility index (Phi) is 4.62. The molecular formula is C14H26N2O2. The highest BCUT2D eigenvalue weighted by atomic mass is 16.5. The number of nitrogens with zero attached hydrogens (tertiary/aromatic N) is 1. The van der Waals surface area contributed by atoms with Crippen molar-refractivity contribution < 1.29 is 9.53 Å². The summed E-state index contributed by atoms with van der Waals surface area (Å²) in [5, 5.41) is 3.38. The zero-order valence-electron chi connectivity index (χ0n) is 11.7. The van der Waals surface area contributed by atoms with Crippen LogP contribution in [0.1, 0.15) is 39.0 Å². The highest BCUT2D eigenvalue weighted by Gasteiger charge is 2.33. The minimum absolute atomic E-state index is 0.140. The lowest BCUT2D eigenvalue weighted by Crippen LogP contribution is -2.50. The SMILES string of the molecule is COC1(C)CCCN(C(=O)CC2CCCNC2)C1. The fraction of sp³-hybridized carbons (Fsp3) is 0.929. The summed E-state index contributed by atoms with van der Waals surface area (Å²) in [6.45, 7) is 5.87. The van der Waals surface area contributed by atoms with Gasteiger partial charge in [0.05, 0.1) is 5.60 Å². The summed E-state index contributed by atoms with van der Waals surface area (Å²) < 4.78 is 5.54. The summed E-state index contributed by atoms with van der Waals surface area (Å²) >= 11 is 0. The van der Waals surface area contributed by atoms with Crippen molar-refractivity contribution in [2.45, 2.75) is 44.6 Å². The van der Waals surface area contributed by atoms with Crippen molar-refractivity contribution in [3.63, 3.8) is 0 Å². The number of rotatable bonds is 3. The van der Waals surface area contributed by atoms with Gasteiger partial charge in [0.2, 0.25) is 5.91 Å². The van der Waals surface area contributed by atoms with E-state index in [4.69, 9.17) is 4.74 Å². The fourth-order valence-electron chi connectivity index (χ4n) is 3.06. The van der Waals surface area contributed by atoms with Crippen LogP contribution in [0.15, 0.2) is 0 Å². The minimum Gasteiger partial charge on any atom is -0.377 e. The zero-order chi connectivity index (χ0) is 13.0. The maximum atomic E-state index is 12.3. The molecule has 0 aromatic rings. The van der Waals surface area contributed by atoms with Gasteiger partial charge in [0, 0.05) is 26.6 Å². The molecule has 2 heterocycles. The van der Waals surface area contributed by atoms with Crippen LogP contribution in [0.4, 0.5) is 0 Å². The van der Waals surface area contributed by atoms with Crippen LogP contribution in [0.2, 0.25) is 0 Å². The lowest BCUT2D eigenvalue weighted by Gasteiger charge is -2.40. The molecule has 18 heavy (non-hydrogen) atoms. The van der Waals surface area contributed by atoms with Crippen LogP contribution in [0.25, 0.3) is 0 Å². The first-order valence-electron chi connectivity index (χ1n) is 7.17. The van der Waals surface area contributed by atoms with Crippen molar-refractivity contribution in [2.75, 3.05) is 33.3 Å². The van der Waals surface area contributed by atoms with Gasteiger partial charge >= 0.3 is 0 Å². The molecule has 0 aromatic carbocycles. The lowest BCUT2D eigenvalue weighted by atomic mass is 9.92. The quantitative estimate of drug-likeness (QED) is 0.828. The molecule has 0 saturated carbocycles. The molecule has 2 atom stereocenters. The fourth-order valence-corrected chi connectivity index (χ4v) is 3.06. The Morgan fingerprint density at radius 3 is 3.00 bits per heavy atom. The van der Waals surface area contributed by atoms with Gasteiger partial charge in [-0.15, -0.1) is 0 Å². The van der Waals surface area contributed by atoms with E-state index in [1.807, 2.05) is 4.90 Å². The van der Waals surface area contributed by atoms with Crippen molar-refractivity contribution in [1.29, 1.82) is 0 Å². The highest BCUT2D eigenvalue weighted by molar-refractivity contribution is 5.76. The second kappa shape index (κ2) is 6.02. The van der Waals surface area contributed by atoms with E-state index in [1.54, 1.807) is 7.11 Å². The maximum absolute atomic E-state index is 12.3. The Morgan fingerprint density at radius 1 is 1.50 bits per heavy atom. The molecule has 0 bridgehead atoms. The zero-order valence-corrected chi connectivity index (χ0v) is 11.7.